The molecule has 0 unspecified atom stereocenters. The van der Waals surface area contributed by atoms with Crippen molar-refractivity contribution in [3.05, 3.63) is 28.7 Å². The number of aliphatic hydroxyl groups is 1. The SMILES string of the molecule is O=c1oc2cc(OCCC3CCCCC3)ccc2n1CO. The van der Waals surface area contributed by atoms with E-state index in [1.807, 2.05) is 6.07 Å². The molecule has 21 heavy (non-hydrogen) atoms. The predicted octanol–water partition coefficient (Wildman–Crippen LogP) is 2.89. The van der Waals surface area contributed by atoms with Crippen LogP contribution in [0.2, 0.25) is 0 Å². The van der Waals surface area contributed by atoms with Gasteiger partial charge >= 0.3 is 5.76 Å². The molecule has 0 atom stereocenters. The van der Waals surface area contributed by atoms with E-state index < -0.39 is 5.76 Å². The molecule has 0 spiro atoms. The minimum Gasteiger partial charge on any atom is -0.493 e. The van der Waals surface area contributed by atoms with Crippen LogP contribution in [-0.4, -0.2) is 16.3 Å². The summed E-state index contributed by atoms with van der Waals surface area (Å²) in [5.41, 5.74) is 1.03. The van der Waals surface area contributed by atoms with Crippen LogP contribution in [0.3, 0.4) is 0 Å². The van der Waals surface area contributed by atoms with Gasteiger partial charge in [-0.25, -0.2) is 4.79 Å². The highest BCUT2D eigenvalue weighted by molar-refractivity contribution is 5.74. The van der Waals surface area contributed by atoms with Crippen LogP contribution < -0.4 is 10.5 Å². The van der Waals surface area contributed by atoms with E-state index in [2.05, 4.69) is 0 Å². The zero-order valence-electron chi connectivity index (χ0n) is 12.1. The maximum Gasteiger partial charge on any atom is 0.421 e. The fourth-order valence-corrected chi connectivity index (χ4v) is 3.09. The number of benzene rings is 1. The third kappa shape index (κ3) is 3.13. The molecule has 1 aromatic heterocycles. The molecule has 0 radical (unpaired) electrons. The second-order valence-electron chi connectivity index (χ2n) is 5.71. The lowest BCUT2D eigenvalue weighted by Gasteiger charge is -2.21. The van der Waals surface area contributed by atoms with Gasteiger partial charge in [0.25, 0.3) is 0 Å². The fourth-order valence-electron chi connectivity index (χ4n) is 3.09. The predicted molar refractivity (Wildman–Crippen MR) is 79.4 cm³/mol. The lowest BCUT2D eigenvalue weighted by atomic mass is 9.87. The molecule has 0 aliphatic heterocycles. The van der Waals surface area contributed by atoms with E-state index in [4.69, 9.17) is 14.3 Å². The second kappa shape index (κ2) is 6.35. The standard InChI is InChI=1S/C16H21NO4/c18-11-17-14-7-6-13(10-15(14)21-16(17)19)20-9-8-12-4-2-1-3-5-12/h6-7,10,12,18H,1-5,8-9,11H2. The van der Waals surface area contributed by atoms with Crippen LogP contribution >= 0.6 is 0 Å². The lowest BCUT2D eigenvalue weighted by molar-refractivity contribution is 0.204. The van der Waals surface area contributed by atoms with Gasteiger partial charge in [0.2, 0.25) is 0 Å². The van der Waals surface area contributed by atoms with Crippen molar-refractivity contribution in [2.24, 2.45) is 5.92 Å². The zero-order chi connectivity index (χ0) is 14.7. The average Bonchev–Trinajstić information content (AvgIpc) is 2.82. The third-order valence-corrected chi connectivity index (χ3v) is 4.30. The minimum absolute atomic E-state index is 0.381. The summed E-state index contributed by atoms with van der Waals surface area (Å²) in [7, 11) is 0. The summed E-state index contributed by atoms with van der Waals surface area (Å²) in [5, 5.41) is 9.13. The molecule has 1 aromatic carbocycles. The van der Waals surface area contributed by atoms with Gasteiger partial charge in [-0.1, -0.05) is 32.1 Å². The van der Waals surface area contributed by atoms with Crippen LogP contribution in [0.4, 0.5) is 0 Å². The van der Waals surface area contributed by atoms with Gasteiger partial charge in [-0.15, -0.1) is 0 Å². The van der Waals surface area contributed by atoms with Gasteiger partial charge in [0.15, 0.2) is 5.58 Å². The van der Waals surface area contributed by atoms with Gasteiger partial charge in [0.1, 0.15) is 12.5 Å². The number of rotatable bonds is 5. The van der Waals surface area contributed by atoms with Crippen molar-refractivity contribution in [3.63, 3.8) is 0 Å². The number of aliphatic hydroxyl groups excluding tert-OH is 1. The van der Waals surface area contributed by atoms with Gasteiger partial charge in [-0.3, -0.25) is 4.57 Å². The van der Waals surface area contributed by atoms with Crippen LogP contribution in [0.5, 0.6) is 5.75 Å². The lowest BCUT2D eigenvalue weighted by Crippen LogP contribution is -2.13. The number of hydrogen-bond acceptors (Lipinski definition) is 4. The van der Waals surface area contributed by atoms with Gasteiger partial charge < -0.3 is 14.3 Å². The van der Waals surface area contributed by atoms with Gasteiger partial charge in [0, 0.05) is 6.07 Å². The van der Waals surface area contributed by atoms with Crippen molar-refractivity contribution in [1.82, 2.24) is 4.57 Å². The van der Waals surface area contributed by atoms with Crippen LogP contribution in [0.25, 0.3) is 11.1 Å². The van der Waals surface area contributed by atoms with E-state index in [1.165, 1.54) is 36.7 Å². The van der Waals surface area contributed by atoms with E-state index in [0.29, 0.717) is 23.5 Å². The topological polar surface area (TPSA) is 64.6 Å². The highest BCUT2D eigenvalue weighted by Gasteiger charge is 2.13. The first-order valence-corrected chi connectivity index (χ1v) is 7.65. The Hall–Kier alpha value is -1.75. The molecule has 0 bridgehead atoms. The Bertz CT molecular complexity index is 652. The Kier molecular flexibility index (Phi) is 4.29. The number of aromatic nitrogens is 1. The molecule has 1 aliphatic carbocycles. The highest BCUT2D eigenvalue weighted by atomic mass is 16.5. The number of ether oxygens (including phenoxy) is 1. The molecule has 1 heterocycles. The highest BCUT2D eigenvalue weighted by Crippen LogP contribution is 2.27. The molecular weight excluding hydrogens is 270 g/mol. The van der Waals surface area contributed by atoms with Gasteiger partial charge in [-0.2, -0.15) is 0 Å². The van der Waals surface area contributed by atoms with E-state index >= 15 is 0 Å². The molecule has 1 fully saturated rings. The van der Waals surface area contributed by atoms with E-state index in [1.54, 1.807) is 12.1 Å². The Morgan fingerprint density at radius 2 is 2.10 bits per heavy atom. The Balaban J connectivity index is 1.63. The second-order valence-corrected chi connectivity index (χ2v) is 5.71. The number of hydrogen-bond donors (Lipinski definition) is 1. The summed E-state index contributed by atoms with van der Waals surface area (Å²) in [4.78, 5) is 11.5. The summed E-state index contributed by atoms with van der Waals surface area (Å²) in [5.74, 6) is 0.944. The number of nitrogens with zero attached hydrogens (tertiary/aromatic N) is 1. The zero-order valence-corrected chi connectivity index (χ0v) is 12.1. The largest absolute Gasteiger partial charge is 0.493 e. The van der Waals surface area contributed by atoms with Gasteiger partial charge in [0.05, 0.1) is 12.1 Å². The molecular formula is C16H21NO4. The maximum atomic E-state index is 11.5. The Labute approximate surface area is 123 Å². The van der Waals surface area contributed by atoms with Crippen LogP contribution in [0.15, 0.2) is 27.4 Å². The maximum absolute atomic E-state index is 11.5. The molecule has 1 aliphatic rings. The number of oxazole rings is 1. The van der Waals surface area contributed by atoms with Gasteiger partial charge in [-0.05, 0) is 24.5 Å². The Morgan fingerprint density at radius 1 is 1.29 bits per heavy atom. The monoisotopic (exact) mass is 291 g/mol. The summed E-state index contributed by atoms with van der Waals surface area (Å²) in [6.45, 7) is 0.314. The molecule has 0 saturated heterocycles. The van der Waals surface area contributed by atoms with Crippen LogP contribution in [-0.2, 0) is 6.73 Å². The van der Waals surface area contributed by atoms with E-state index in [-0.39, 0.29) is 6.73 Å². The Morgan fingerprint density at radius 3 is 2.86 bits per heavy atom. The smallest absolute Gasteiger partial charge is 0.421 e. The van der Waals surface area contributed by atoms with E-state index in [0.717, 1.165) is 12.3 Å². The molecule has 1 saturated carbocycles. The third-order valence-electron chi connectivity index (χ3n) is 4.30. The average molecular weight is 291 g/mol. The minimum atomic E-state index is -0.549. The number of fused-ring (bicyclic) bond motifs is 1. The molecule has 5 heteroatoms. The van der Waals surface area contributed by atoms with Crippen molar-refractivity contribution in [1.29, 1.82) is 0 Å². The van der Waals surface area contributed by atoms with Crippen molar-refractivity contribution < 1.29 is 14.3 Å². The normalized spacial score (nSPS) is 16.4. The first-order chi connectivity index (χ1) is 10.3. The summed E-state index contributed by atoms with van der Waals surface area (Å²) >= 11 is 0. The molecule has 2 aromatic rings. The van der Waals surface area contributed by atoms with Crippen molar-refractivity contribution >= 4 is 11.1 Å². The van der Waals surface area contributed by atoms with E-state index in [9.17, 15) is 4.79 Å². The van der Waals surface area contributed by atoms with Crippen LogP contribution in [0, 0.1) is 5.92 Å². The molecule has 0 amide bonds. The van der Waals surface area contributed by atoms with Crippen molar-refractivity contribution in [3.8, 4) is 5.75 Å². The molecule has 1 N–H and O–H groups in total. The molecule has 3 rings (SSSR count). The summed E-state index contributed by atoms with van der Waals surface area (Å²) in [6, 6.07) is 5.26. The van der Waals surface area contributed by atoms with Crippen molar-refractivity contribution in [2.45, 2.75) is 45.3 Å². The fraction of sp³-hybridized carbons (Fsp3) is 0.562. The van der Waals surface area contributed by atoms with Crippen LogP contribution in [0.1, 0.15) is 38.5 Å². The first kappa shape index (κ1) is 14.2. The summed E-state index contributed by atoms with van der Waals surface area (Å²) < 4.78 is 12.0. The summed E-state index contributed by atoms with van der Waals surface area (Å²) in [6.07, 6.45) is 7.77. The molecule has 114 valence electrons. The van der Waals surface area contributed by atoms with Crippen molar-refractivity contribution in [2.75, 3.05) is 6.61 Å². The first-order valence-electron chi connectivity index (χ1n) is 7.65. The molecule has 5 nitrogen and oxygen atoms in total. The quantitative estimate of drug-likeness (QED) is 0.920.